The summed E-state index contributed by atoms with van der Waals surface area (Å²) >= 11 is 6.20. The topological polar surface area (TPSA) is 87.0 Å². The number of aryl methyl sites for hydroxylation is 2. The van der Waals surface area contributed by atoms with Crippen LogP contribution in [0.1, 0.15) is 11.3 Å². The maximum Gasteiger partial charge on any atom is 0.332 e. The van der Waals surface area contributed by atoms with Gasteiger partial charge in [0.05, 0.1) is 19.4 Å². The molecule has 0 aliphatic heterocycles. The molecule has 144 valence electrons. The van der Waals surface area contributed by atoms with Gasteiger partial charge >= 0.3 is 5.69 Å². The Bertz CT molecular complexity index is 1270. The number of rotatable bonds is 5. The third-order valence-electron chi connectivity index (χ3n) is 4.65. The highest BCUT2D eigenvalue weighted by atomic mass is 35.5. The summed E-state index contributed by atoms with van der Waals surface area (Å²) in [6.07, 6.45) is 1.59. The van der Waals surface area contributed by atoms with Gasteiger partial charge in [-0.05, 0) is 23.8 Å². The van der Waals surface area contributed by atoms with E-state index < -0.39 is 11.2 Å². The van der Waals surface area contributed by atoms with Crippen LogP contribution >= 0.6 is 11.6 Å². The lowest BCUT2D eigenvalue weighted by Crippen LogP contribution is -2.39. The van der Waals surface area contributed by atoms with Crippen LogP contribution < -0.4 is 16.6 Å². The molecule has 0 aliphatic rings. The molecule has 0 aliphatic carbocycles. The van der Waals surface area contributed by atoms with Crippen molar-refractivity contribution in [2.24, 2.45) is 14.1 Å². The van der Waals surface area contributed by atoms with Gasteiger partial charge in [0.2, 0.25) is 5.95 Å². The number of aromatic nitrogens is 4. The van der Waals surface area contributed by atoms with Crippen molar-refractivity contribution in [1.29, 1.82) is 0 Å². The first kappa shape index (κ1) is 18.1. The molecule has 0 fully saturated rings. The van der Waals surface area contributed by atoms with Crippen LogP contribution in [0.25, 0.3) is 11.2 Å². The quantitative estimate of drug-likeness (QED) is 0.556. The van der Waals surface area contributed by atoms with Gasteiger partial charge in [0.25, 0.3) is 5.56 Å². The molecule has 3 aromatic heterocycles. The molecule has 0 saturated heterocycles. The zero-order valence-corrected chi connectivity index (χ0v) is 16.1. The summed E-state index contributed by atoms with van der Waals surface area (Å²) in [4.78, 5) is 30.3. The van der Waals surface area contributed by atoms with Crippen LogP contribution in [0.3, 0.4) is 0 Å². The summed E-state index contributed by atoms with van der Waals surface area (Å²) in [6, 6.07) is 10.8. The summed E-state index contributed by atoms with van der Waals surface area (Å²) in [7, 11) is 3.32. The zero-order chi connectivity index (χ0) is 19.8. The van der Waals surface area contributed by atoms with Gasteiger partial charge in [0.1, 0.15) is 5.76 Å². The first-order chi connectivity index (χ1) is 13.5. The summed E-state index contributed by atoms with van der Waals surface area (Å²) in [5.41, 5.74) is 0.471. The normalized spacial score (nSPS) is 11.2. The molecule has 8 nitrogen and oxygen atoms in total. The predicted molar refractivity (Wildman–Crippen MR) is 107 cm³/mol. The van der Waals surface area contributed by atoms with E-state index in [0.717, 1.165) is 5.76 Å². The minimum atomic E-state index is -0.451. The van der Waals surface area contributed by atoms with Gasteiger partial charge in [0, 0.05) is 19.1 Å². The number of halogens is 1. The number of hydrogen-bond donors (Lipinski definition) is 1. The summed E-state index contributed by atoms with van der Waals surface area (Å²) in [6.45, 7) is 0.493. The molecule has 9 heteroatoms. The van der Waals surface area contributed by atoms with Gasteiger partial charge in [-0.2, -0.15) is 4.98 Å². The lowest BCUT2D eigenvalue weighted by atomic mass is 10.2. The maximum absolute atomic E-state index is 13.1. The van der Waals surface area contributed by atoms with Crippen molar-refractivity contribution in [2.45, 2.75) is 13.1 Å². The number of benzene rings is 1. The molecule has 4 aromatic rings. The molecule has 0 saturated carbocycles. The molecule has 1 N–H and O–H groups in total. The minimum absolute atomic E-state index is 0.0848. The fourth-order valence-electron chi connectivity index (χ4n) is 3.12. The SMILES string of the molecule is Cn1c(NCc2ccco2)nc2c1c(=O)n(Cc1ccccc1Cl)c(=O)n2C. The Labute approximate surface area is 164 Å². The lowest BCUT2D eigenvalue weighted by Gasteiger charge is -2.09. The molecule has 28 heavy (non-hydrogen) atoms. The molecule has 0 unspecified atom stereocenters. The van der Waals surface area contributed by atoms with E-state index in [2.05, 4.69) is 10.3 Å². The Hall–Kier alpha value is -3.26. The van der Waals surface area contributed by atoms with Crippen molar-refractivity contribution < 1.29 is 4.42 Å². The van der Waals surface area contributed by atoms with Crippen LogP contribution in [-0.2, 0) is 27.2 Å². The molecule has 3 heterocycles. The molecule has 0 radical (unpaired) electrons. The predicted octanol–water partition coefficient (Wildman–Crippen LogP) is 2.34. The Kier molecular flexibility index (Phi) is 4.56. The monoisotopic (exact) mass is 399 g/mol. The largest absolute Gasteiger partial charge is 0.467 e. The second-order valence-corrected chi connectivity index (χ2v) is 6.83. The summed E-state index contributed by atoms with van der Waals surface area (Å²) in [5, 5.41) is 3.63. The number of fused-ring (bicyclic) bond motifs is 1. The van der Waals surface area contributed by atoms with E-state index >= 15 is 0 Å². The maximum atomic E-state index is 13.1. The molecule has 1 aromatic carbocycles. The number of imidazole rings is 1. The van der Waals surface area contributed by atoms with Gasteiger partial charge in [-0.25, -0.2) is 4.79 Å². The van der Waals surface area contributed by atoms with E-state index in [1.807, 2.05) is 12.1 Å². The van der Waals surface area contributed by atoms with Crippen molar-refractivity contribution in [1.82, 2.24) is 18.7 Å². The van der Waals surface area contributed by atoms with Gasteiger partial charge in [-0.1, -0.05) is 29.8 Å². The van der Waals surface area contributed by atoms with Gasteiger partial charge in [-0.15, -0.1) is 0 Å². The van der Waals surface area contributed by atoms with Crippen LogP contribution in [0, 0.1) is 0 Å². The van der Waals surface area contributed by atoms with Crippen LogP contribution in [-0.4, -0.2) is 18.7 Å². The van der Waals surface area contributed by atoms with Gasteiger partial charge in [-0.3, -0.25) is 13.9 Å². The van der Waals surface area contributed by atoms with E-state index in [0.29, 0.717) is 34.2 Å². The second-order valence-electron chi connectivity index (χ2n) is 6.42. The van der Waals surface area contributed by atoms with E-state index in [-0.39, 0.29) is 6.54 Å². The molecule has 0 bridgehead atoms. The van der Waals surface area contributed by atoms with Crippen LogP contribution in [0.15, 0.2) is 56.7 Å². The molecular weight excluding hydrogens is 382 g/mol. The smallest absolute Gasteiger partial charge is 0.332 e. The van der Waals surface area contributed by atoms with Crippen molar-refractivity contribution >= 4 is 28.7 Å². The minimum Gasteiger partial charge on any atom is -0.467 e. The number of furan rings is 1. The van der Waals surface area contributed by atoms with E-state index in [4.69, 9.17) is 16.0 Å². The van der Waals surface area contributed by atoms with Crippen molar-refractivity contribution in [3.63, 3.8) is 0 Å². The summed E-state index contributed by atoms with van der Waals surface area (Å²) < 4.78 is 9.48. The molecular formula is C19H18ClN5O3. The fourth-order valence-corrected chi connectivity index (χ4v) is 3.31. The first-order valence-electron chi connectivity index (χ1n) is 8.63. The Morgan fingerprint density at radius 3 is 2.61 bits per heavy atom. The number of nitrogens with zero attached hydrogens (tertiary/aromatic N) is 4. The lowest BCUT2D eigenvalue weighted by molar-refractivity contribution is 0.517. The number of hydrogen-bond acceptors (Lipinski definition) is 5. The molecule has 4 rings (SSSR count). The number of nitrogens with one attached hydrogen (secondary N) is 1. The Morgan fingerprint density at radius 1 is 1.11 bits per heavy atom. The zero-order valence-electron chi connectivity index (χ0n) is 15.3. The van der Waals surface area contributed by atoms with Gasteiger partial charge in [0.15, 0.2) is 11.2 Å². The second kappa shape index (κ2) is 7.05. The first-order valence-corrected chi connectivity index (χ1v) is 9.01. The third kappa shape index (κ3) is 3.01. The van der Waals surface area contributed by atoms with Crippen LogP contribution in [0.2, 0.25) is 5.02 Å². The highest BCUT2D eigenvalue weighted by molar-refractivity contribution is 6.31. The average molecular weight is 400 g/mol. The van der Waals surface area contributed by atoms with Crippen LogP contribution in [0.4, 0.5) is 5.95 Å². The van der Waals surface area contributed by atoms with Crippen molar-refractivity contribution in [2.75, 3.05) is 5.32 Å². The van der Waals surface area contributed by atoms with Crippen molar-refractivity contribution in [3.05, 3.63) is 79.8 Å². The Balaban J connectivity index is 1.80. The van der Waals surface area contributed by atoms with E-state index in [9.17, 15) is 9.59 Å². The molecule has 0 amide bonds. The number of anilines is 1. The highest BCUT2D eigenvalue weighted by Crippen LogP contribution is 2.17. The van der Waals surface area contributed by atoms with E-state index in [1.54, 1.807) is 49.2 Å². The molecule has 0 spiro atoms. The van der Waals surface area contributed by atoms with Crippen molar-refractivity contribution in [3.8, 4) is 0 Å². The summed E-state index contributed by atoms with van der Waals surface area (Å²) in [5.74, 6) is 1.20. The standard InChI is InChI=1S/C19H18ClN5O3/c1-23-15-16(22-18(23)21-10-13-7-5-9-28-13)24(2)19(27)25(17(15)26)11-12-6-3-4-8-14(12)20/h3-9H,10-11H2,1-2H3,(H,21,22). The Morgan fingerprint density at radius 2 is 1.89 bits per heavy atom. The fraction of sp³-hybridized carbons (Fsp3) is 0.211. The average Bonchev–Trinajstić information content (AvgIpc) is 3.31. The highest BCUT2D eigenvalue weighted by Gasteiger charge is 2.19. The molecule has 0 atom stereocenters. The van der Waals surface area contributed by atoms with Gasteiger partial charge < -0.3 is 14.3 Å². The third-order valence-corrected chi connectivity index (χ3v) is 5.02. The van der Waals surface area contributed by atoms with Crippen LogP contribution in [0.5, 0.6) is 0 Å². The van der Waals surface area contributed by atoms with E-state index in [1.165, 1.54) is 9.13 Å².